The third kappa shape index (κ3) is 2.36. The van der Waals surface area contributed by atoms with E-state index in [-0.39, 0.29) is 11.8 Å². The molecule has 2 aliphatic carbocycles. The first-order chi connectivity index (χ1) is 7.59. The standard InChI is InChI=1S/C12H19NO3/c1-7-3-2-4-8(7)6-13-11(14)9-5-10(9)12(15)16/h7-10H,2-6H2,1H3,(H,13,14)(H,15,16)/t7?,8?,9-,10+/m1/s1. The lowest BCUT2D eigenvalue weighted by Crippen LogP contribution is -2.32. The van der Waals surface area contributed by atoms with Gasteiger partial charge in [0.15, 0.2) is 0 Å². The molecule has 4 atom stereocenters. The average molecular weight is 225 g/mol. The fourth-order valence-electron chi connectivity index (χ4n) is 2.65. The Bertz CT molecular complexity index is 303. The highest BCUT2D eigenvalue weighted by Crippen LogP contribution is 2.39. The molecule has 0 radical (unpaired) electrons. The lowest BCUT2D eigenvalue weighted by Gasteiger charge is -2.15. The van der Waals surface area contributed by atoms with E-state index in [0.717, 1.165) is 6.54 Å². The zero-order valence-electron chi connectivity index (χ0n) is 9.61. The maximum Gasteiger partial charge on any atom is 0.307 e. The zero-order chi connectivity index (χ0) is 11.7. The van der Waals surface area contributed by atoms with Crippen LogP contribution in [0.15, 0.2) is 0 Å². The summed E-state index contributed by atoms with van der Waals surface area (Å²) in [7, 11) is 0. The SMILES string of the molecule is CC1CCCC1CNC(=O)[C@@H]1C[C@@H]1C(=O)O. The van der Waals surface area contributed by atoms with Gasteiger partial charge < -0.3 is 10.4 Å². The summed E-state index contributed by atoms with van der Waals surface area (Å²) < 4.78 is 0. The van der Waals surface area contributed by atoms with Crippen LogP contribution in [0.2, 0.25) is 0 Å². The summed E-state index contributed by atoms with van der Waals surface area (Å²) in [5, 5.41) is 11.6. The second-order valence-electron chi connectivity index (χ2n) is 5.20. The molecular weight excluding hydrogens is 206 g/mol. The van der Waals surface area contributed by atoms with E-state index in [0.29, 0.717) is 18.3 Å². The third-order valence-corrected chi connectivity index (χ3v) is 4.02. The van der Waals surface area contributed by atoms with Crippen molar-refractivity contribution in [2.75, 3.05) is 6.54 Å². The Labute approximate surface area is 95.4 Å². The zero-order valence-corrected chi connectivity index (χ0v) is 9.61. The molecule has 0 heterocycles. The predicted octanol–water partition coefficient (Wildman–Crippen LogP) is 1.26. The summed E-state index contributed by atoms with van der Waals surface area (Å²) in [5.74, 6) is -0.322. The summed E-state index contributed by atoms with van der Waals surface area (Å²) >= 11 is 0. The van der Waals surface area contributed by atoms with Crippen LogP contribution in [-0.4, -0.2) is 23.5 Å². The minimum Gasteiger partial charge on any atom is -0.481 e. The molecule has 90 valence electrons. The van der Waals surface area contributed by atoms with Crippen molar-refractivity contribution in [3.05, 3.63) is 0 Å². The molecule has 16 heavy (non-hydrogen) atoms. The van der Waals surface area contributed by atoms with Gasteiger partial charge in [0, 0.05) is 6.54 Å². The first-order valence-electron chi connectivity index (χ1n) is 6.10. The Hall–Kier alpha value is -1.06. The van der Waals surface area contributed by atoms with Crippen LogP contribution in [0.4, 0.5) is 0 Å². The second kappa shape index (κ2) is 4.44. The molecule has 1 amide bonds. The van der Waals surface area contributed by atoms with E-state index < -0.39 is 11.9 Å². The molecule has 2 aliphatic rings. The average Bonchev–Trinajstić information content (AvgIpc) is 2.94. The van der Waals surface area contributed by atoms with Crippen LogP contribution in [0.25, 0.3) is 0 Å². The largest absolute Gasteiger partial charge is 0.481 e. The minimum atomic E-state index is -0.839. The van der Waals surface area contributed by atoms with Gasteiger partial charge in [-0.3, -0.25) is 9.59 Å². The highest BCUT2D eigenvalue weighted by Gasteiger charge is 2.48. The second-order valence-corrected chi connectivity index (χ2v) is 5.20. The molecule has 0 aromatic carbocycles. The molecule has 2 fully saturated rings. The lowest BCUT2D eigenvalue weighted by molar-refractivity contribution is -0.140. The molecule has 2 unspecified atom stereocenters. The molecule has 0 aromatic heterocycles. The van der Waals surface area contributed by atoms with Gasteiger partial charge in [0.05, 0.1) is 11.8 Å². The Kier molecular flexibility index (Phi) is 3.17. The molecule has 2 rings (SSSR count). The fraction of sp³-hybridized carbons (Fsp3) is 0.833. The Morgan fingerprint density at radius 3 is 2.56 bits per heavy atom. The number of aliphatic carboxylic acids is 1. The van der Waals surface area contributed by atoms with Crippen molar-refractivity contribution in [1.29, 1.82) is 0 Å². The van der Waals surface area contributed by atoms with Crippen molar-refractivity contribution in [3.8, 4) is 0 Å². The number of carbonyl (C=O) groups excluding carboxylic acids is 1. The maximum atomic E-state index is 11.6. The van der Waals surface area contributed by atoms with Crippen LogP contribution in [0.3, 0.4) is 0 Å². The number of carboxylic acids is 1. The van der Waals surface area contributed by atoms with Gasteiger partial charge in [0.1, 0.15) is 0 Å². The van der Waals surface area contributed by atoms with E-state index in [1.165, 1.54) is 19.3 Å². The summed E-state index contributed by atoms with van der Waals surface area (Å²) in [6.45, 7) is 2.95. The van der Waals surface area contributed by atoms with Crippen LogP contribution >= 0.6 is 0 Å². The molecular formula is C12H19NO3. The van der Waals surface area contributed by atoms with Crippen LogP contribution in [0, 0.1) is 23.7 Å². The van der Waals surface area contributed by atoms with Crippen molar-refractivity contribution in [2.45, 2.75) is 32.6 Å². The number of nitrogens with one attached hydrogen (secondary N) is 1. The summed E-state index contributed by atoms with van der Waals surface area (Å²) in [6, 6.07) is 0. The van der Waals surface area contributed by atoms with Crippen LogP contribution < -0.4 is 5.32 Å². The topological polar surface area (TPSA) is 66.4 Å². The van der Waals surface area contributed by atoms with Gasteiger partial charge in [-0.2, -0.15) is 0 Å². The van der Waals surface area contributed by atoms with Gasteiger partial charge in [-0.1, -0.05) is 19.8 Å². The van der Waals surface area contributed by atoms with E-state index in [1.807, 2.05) is 0 Å². The van der Waals surface area contributed by atoms with E-state index in [9.17, 15) is 9.59 Å². The van der Waals surface area contributed by atoms with Gasteiger partial charge >= 0.3 is 5.97 Å². The Balaban J connectivity index is 1.71. The lowest BCUT2D eigenvalue weighted by atomic mass is 9.98. The molecule has 0 aliphatic heterocycles. The number of rotatable bonds is 4. The van der Waals surface area contributed by atoms with E-state index in [2.05, 4.69) is 12.2 Å². The first-order valence-corrected chi connectivity index (χ1v) is 6.10. The van der Waals surface area contributed by atoms with Gasteiger partial charge in [0.2, 0.25) is 5.91 Å². The normalized spacial score (nSPS) is 37.1. The predicted molar refractivity (Wildman–Crippen MR) is 58.7 cm³/mol. The van der Waals surface area contributed by atoms with Crippen LogP contribution in [0.1, 0.15) is 32.6 Å². The molecule has 4 heteroatoms. The number of carbonyl (C=O) groups is 2. The molecule has 0 bridgehead atoms. The molecule has 0 spiro atoms. The first kappa shape index (κ1) is 11.4. The highest BCUT2D eigenvalue weighted by atomic mass is 16.4. The van der Waals surface area contributed by atoms with Crippen molar-refractivity contribution in [1.82, 2.24) is 5.32 Å². The monoisotopic (exact) mass is 225 g/mol. The highest BCUT2D eigenvalue weighted by molar-refractivity contribution is 5.89. The molecule has 2 N–H and O–H groups in total. The molecule has 2 saturated carbocycles. The van der Waals surface area contributed by atoms with E-state index in [1.54, 1.807) is 0 Å². The van der Waals surface area contributed by atoms with Gasteiger partial charge in [-0.25, -0.2) is 0 Å². The Morgan fingerprint density at radius 2 is 2.06 bits per heavy atom. The van der Waals surface area contributed by atoms with Gasteiger partial charge in [-0.15, -0.1) is 0 Å². The van der Waals surface area contributed by atoms with Crippen molar-refractivity contribution >= 4 is 11.9 Å². The van der Waals surface area contributed by atoms with E-state index >= 15 is 0 Å². The third-order valence-electron chi connectivity index (χ3n) is 4.02. The number of hydrogen-bond acceptors (Lipinski definition) is 2. The van der Waals surface area contributed by atoms with E-state index in [4.69, 9.17) is 5.11 Å². The summed E-state index contributed by atoms with van der Waals surface area (Å²) in [5.41, 5.74) is 0. The number of hydrogen-bond donors (Lipinski definition) is 2. The Morgan fingerprint density at radius 1 is 1.31 bits per heavy atom. The number of amides is 1. The smallest absolute Gasteiger partial charge is 0.307 e. The fourth-order valence-corrected chi connectivity index (χ4v) is 2.65. The van der Waals surface area contributed by atoms with Crippen LogP contribution in [0.5, 0.6) is 0 Å². The minimum absolute atomic E-state index is 0.0634. The van der Waals surface area contributed by atoms with Crippen LogP contribution in [-0.2, 0) is 9.59 Å². The molecule has 0 saturated heterocycles. The molecule has 4 nitrogen and oxygen atoms in total. The summed E-state index contributed by atoms with van der Waals surface area (Å²) in [6.07, 6.45) is 4.21. The van der Waals surface area contributed by atoms with Gasteiger partial charge in [0.25, 0.3) is 0 Å². The van der Waals surface area contributed by atoms with Gasteiger partial charge in [-0.05, 0) is 24.7 Å². The maximum absolute atomic E-state index is 11.6. The van der Waals surface area contributed by atoms with Crippen molar-refractivity contribution in [3.63, 3.8) is 0 Å². The van der Waals surface area contributed by atoms with Crippen molar-refractivity contribution < 1.29 is 14.7 Å². The molecule has 0 aromatic rings. The summed E-state index contributed by atoms with van der Waals surface area (Å²) in [4.78, 5) is 22.2. The quantitative estimate of drug-likeness (QED) is 0.757. The number of carboxylic acid groups (broad SMARTS) is 1. The van der Waals surface area contributed by atoms with Crippen molar-refractivity contribution in [2.24, 2.45) is 23.7 Å².